The highest BCUT2D eigenvalue weighted by molar-refractivity contribution is 6.26. The second-order valence-electron chi connectivity index (χ2n) is 18.3. The second-order valence-corrected chi connectivity index (χ2v) is 18.3. The third-order valence-electron chi connectivity index (χ3n) is 14.9. The molecule has 2 aliphatic carbocycles. The zero-order valence-corrected chi connectivity index (χ0v) is 37.3. The molecule has 0 amide bonds. The quantitative estimate of drug-likeness (QED) is 0.151. The van der Waals surface area contributed by atoms with E-state index in [2.05, 4.69) is 266 Å². The van der Waals surface area contributed by atoms with Crippen molar-refractivity contribution >= 4 is 49.4 Å². The lowest BCUT2D eigenvalue weighted by Crippen LogP contribution is -2.25. The Morgan fingerprint density at radius 2 is 0.544 bits per heavy atom. The van der Waals surface area contributed by atoms with E-state index in [1.54, 1.807) is 0 Å². The fourth-order valence-corrected chi connectivity index (χ4v) is 11.8. The van der Waals surface area contributed by atoms with Crippen molar-refractivity contribution < 1.29 is 0 Å². The van der Waals surface area contributed by atoms with Crippen LogP contribution in [0.2, 0.25) is 0 Å². The molecule has 0 bridgehead atoms. The van der Waals surface area contributed by atoms with Crippen molar-refractivity contribution in [2.45, 2.75) is 5.41 Å². The molecule has 1 nitrogen and oxygen atoms in total. The maximum absolute atomic E-state index is 2.56. The molecule has 0 N–H and O–H groups in total. The van der Waals surface area contributed by atoms with E-state index in [1.807, 2.05) is 0 Å². The molecule has 1 unspecified atom stereocenters. The molecule has 0 saturated carbocycles. The first-order valence-corrected chi connectivity index (χ1v) is 23.7. The first kappa shape index (κ1) is 38.5. The highest BCUT2D eigenvalue weighted by Gasteiger charge is 2.52. The summed E-state index contributed by atoms with van der Waals surface area (Å²) in [5, 5.41) is 7.80. The van der Waals surface area contributed by atoms with Crippen molar-refractivity contribution in [1.29, 1.82) is 0 Å². The van der Waals surface area contributed by atoms with E-state index < -0.39 is 5.41 Å². The number of rotatable bonds is 6. The second kappa shape index (κ2) is 15.1. The van der Waals surface area contributed by atoms with Gasteiger partial charge in [-0.15, -0.1) is 0 Å². The molecule has 14 rings (SSSR count). The van der Waals surface area contributed by atoms with Gasteiger partial charge in [0.2, 0.25) is 0 Å². The molecule has 2 aliphatic rings. The zero-order valence-electron chi connectivity index (χ0n) is 37.3. The van der Waals surface area contributed by atoms with E-state index in [1.165, 1.54) is 110 Å². The van der Waals surface area contributed by atoms with Gasteiger partial charge in [0.25, 0.3) is 0 Å². The maximum Gasteiger partial charge on any atom is 0.0725 e. The van der Waals surface area contributed by atoms with E-state index in [4.69, 9.17) is 0 Å². The van der Waals surface area contributed by atoms with Crippen molar-refractivity contribution in [2.24, 2.45) is 0 Å². The summed E-state index contributed by atoms with van der Waals surface area (Å²) >= 11 is 0. The smallest absolute Gasteiger partial charge is 0.0725 e. The Morgan fingerprint density at radius 1 is 0.206 bits per heavy atom. The van der Waals surface area contributed by atoms with E-state index in [0.717, 1.165) is 17.1 Å². The van der Waals surface area contributed by atoms with Crippen LogP contribution >= 0.6 is 0 Å². The van der Waals surface area contributed by atoms with Crippen molar-refractivity contribution in [1.82, 2.24) is 0 Å². The molecule has 0 saturated heterocycles. The first-order chi connectivity index (χ1) is 33.7. The zero-order chi connectivity index (χ0) is 44.8. The molecule has 0 aromatic heterocycles. The van der Waals surface area contributed by atoms with Gasteiger partial charge in [0, 0.05) is 17.1 Å². The minimum atomic E-state index is -0.483. The van der Waals surface area contributed by atoms with Crippen LogP contribution in [0.1, 0.15) is 22.3 Å². The Morgan fingerprint density at radius 3 is 1.04 bits per heavy atom. The fourth-order valence-electron chi connectivity index (χ4n) is 11.8. The van der Waals surface area contributed by atoms with Crippen LogP contribution in [0.4, 0.5) is 17.1 Å². The molecular weight excluding hydrogens is 819 g/mol. The molecule has 68 heavy (non-hydrogen) atoms. The van der Waals surface area contributed by atoms with Crippen LogP contribution in [-0.4, -0.2) is 0 Å². The summed E-state index contributed by atoms with van der Waals surface area (Å²) in [5.41, 5.74) is 20.7. The van der Waals surface area contributed by atoms with Gasteiger partial charge in [0.1, 0.15) is 0 Å². The fraction of sp³-hybridized carbons (Fsp3) is 0.0149. The summed E-state index contributed by atoms with van der Waals surface area (Å²) in [7, 11) is 0. The van der Waals surface area contributed by atoms with Crippen LogP contribution in [0.25, 0.3) is 88.0 Å². The monoisotopic (exact) mass is 861 g/mol. The van der Waals surface area contributed by atoms with Crippen molar-refractivity contribution in [3.8, 4) is 55.6 Å². The third-order valence-corrected chi connectivity index (χ3v) is 14.9. The van der Waals surface area contributed by atoms with Gasteiger partial charge in [0.15, 0.2) is 0 Å². The summed E-state index contributed by atoms with van der Waals surface area (Å²) in [6, 6.07) is 96.7. The molecule has 0 radical (unpaired) electrons. The van der Waals surface area contributed by atoms with Crippen LogP contribution in [0.5, 0.6) is 0 Å². The van der Waals surface area contributed by atoms with Gasteiger partial charge in [0.05, 0.1) is 5.41 Å². The van der Waals surface area contributed by atoms with E-state index >= 15 is 0 Å². The van der Waals surface area contributed by atoms with Gasteiger partial charge in [-0.05, 0) is 165 Å². The molecule has 1 spiro atoms. The summed E-state index contributed by atoms with van der Waals surface area (Å²) in [6.07, 6.45) is 0. The van der Waals surface area contributed by atoms with Crippen LogP contribution < -0.4 is 4.90 Å². The lowest BCUT2D eigenvalue weighted by atomic mass is 9.70. The predicted octanol–water partition coefficient (Wildman–Crippen LogP) is 18.0. The summed E-state index contributed by atoms with van der Waals surface area (Å²) in [4.78, 5) is 2.37. The molecule has 12 aromatic rings. The van der Waals surface area contributed by atoms with Crippen molar-refractivity contribution in [3.05, 3.63) is 283 Å². The lowest BCUT2D eigenvalue weighted by molar-refractivity contribution is 0.795. The summed E-state index contributed by atoms with van der Waals surface area (Å²) < 4.78 is 0. The van der Waals surface area contributed by atoms with Gasteiger partial charge in [-0.3, -0.25) is 0 Å². The van der Waals surface area contributed by atoms with Crippen LogP contribution in [0.3, 0.4) is 0 Å². The van der Waals surface area contributed by atoms with Crippen molar-refractivity contribution in [2.75, 3.05) is 4.90 Å². The molecule has 0 fully saturated rings. The molecule has 12 aromatic carbocycles. The summed E-state index contributed by atoms with van der Waals surface area (Å²) in [6.45, 7) is 0. The maximum atomic E-state index is 2.56. The Bertz CT molecular complexity index is 3840. The predicted molar refractivity (Wildman–Crippen MR) is 286 cm³/mol. The number of benzene rings is 12. The van der Waals surface area contributed by atoms with Gasteiger partial charge >= 0.3 is 0 Å². The first-order valence-electron chi connectivity index (χ1n) is 23.7. The molecule has 0 heterocycles. The van der Waals surface area contributed by atoms with E-state index in [9.17, 15) is 0 Å². The Balaban J connectivity index is 0.919. The van der Waals surface area contributed by atoms with Crippen LogP contribution in [-0.2, 0) is 5.41 Å². The van der Waals surface area contributed by atoms with Crippen LogP contribution in [0.15, 0.2) is 261 Å². The molecule has 0 aliphatic heterocycles. The molecule has 1 heteroatoms. The highest BCUT2D eigenvalue weighted by atomic mass is 15.1. The number of anilines is 3. The molecule has 316 valence electrons. The van der Waals surface area contributed by atoms with Crippen LogP contribution in [0, 0.1) is 0 Å². The van der Waals surface area contributed by atoms with Gasteiger partial charge < -0.3 is 4.90 Å². The Hall–Kier alpha value is -8.78. The molecular formula is C67H43N. The minimum absolute atomic E-state index is 0.483. The average Bonchev–Trinajstić information content (AvgIpc) is 3.88. The third kappa shape index (κ3) is 5.69. The highest BCUT2D eigenvalue weighted by Crippen LogP contribution is 2.64. The summed E-state index contributed by atoms with van der Waals surface area (Å²) in [5.74, 6) is 0. The SMILES string of the molecule is c1ccc(-c2ccc(N(c3ccc(-c4ccccc4)cc3)c3ccc(-c4ccc5c(c4)C4(c6ccccc6-5)c5ccccc5-c5cc6c7ccccc7c7ccccc7c6cc54)cc3)cc2)cc1. The number of hydrogen-bond acceptors (Lipinski definition) is 1. The molecule has 1 atom stereocenters. The van der Waals surface area contributed by atoms with Gasteiger partial charge in [-0.2, -0.15) is 0 Å². The largest absolute Gasteiger partial charge is 0.311 e. The number of nitrogens with zero attached hydrogens (tertiary/aromatic N) is 1. The number of hydrogen-bond donors (Lipinski definition) is 0. The number of fused-ring (bicyclic) bond motifs is 16. The topological polar surface area (TPSA) is 3.24 Å². The Kier molecular flexibility index (Phi) is 8.57. The Labute approximate surface area is 396 Å². The average molecular weight is 862 g/mol. The normalized spacial score (nSPS) is 14.2. The lowest BCUT2D eigenvalue weighted by Gasteiger charge is -2.31. The van der Waals surface area contributed by atoms with E-state index in [0.29, 0.717) is 0 Å². The van der Waals surface area contributed by atoms with Crippen molar-refractivity contribution in [3.63, 3.8) is 0 Å². The standard InChI is InChI=1S/C67H43N/c1-3-15-44(16-4-1)46-27-34-50(35-28-46)68(51-36-29-47(30-37-51)45-17-5-2-6-18-45)52-38-31-48(32-39-52)49-33-40-59-57-23-11-13-25-63(57)67(65(59)41-49)64-26-14-12-24-58(64)62-42-60-55-21-9-7-19-53(55)54-20-8-10-22-56(54)61(60)43-66(62)67/h1-43H. The van der Waals surface area contributed by atoms with Gasteiger partial charge in [-0.25, -0.2) is 0 Å². The van der Waals surface area contributed by atoms with E-state index in [-0.39, 0.29) is 0 Å². The van der Waals surface area contributed by atoms with Gasteiger partial charge in [-0.1, -0.05) is 206 Å². The minimum Gasteiger partial charge on any atom is -0.311 e.